The standard InChI is InChI=1S/C16H23/c1-16(2,3)15-12-8-7-11-14(15)13-9-5-4-6-10-13/h7-8,12-13H,4-6,9-10H2,1-3H3. The van der Waals surface area contributed by atoms with Crippen LogP contribution in [0.2, 0.25) is 0 Å². The van der Waals surface area contributed by atoms with Crippen LogP contribution < -0.4 is 0 Å². The monoisotopic (exact) mass is 215 g/mol. The van der Waals surface area contributed by atoms with E-state index in [1.165, 1.54) is 43.2 Å². The summed E-state index contributed by atoms with van der Waals surface area (Å²) < 4.78 is 0. The van der Waals surface area contributed by atoms with E-state index in [1.807, 2.05) is 0 Å². The van der Waals surface area contributed by atoms with Crippen LogP contribution in [0.4, 0.5) is 0 Å². The first kappa shape index (κ1) is 11.7. The summed E-state index contributed by atoms with van der Waals surface area (Å²) in [5, 5.41) is 0. The van der Waals surface area contributed by atoms with Crippen LogP contribution in [0.5, 0.6) is 0 Å². The third-order valence-electron chi connectivity index (χ3n) is 3.71. The Bertz CT molecular complexity index is 337. The van der Waals surface area contributed by atoms with E-state index < -0.39 is 0 Å². The fourth-order valence-corrected chi connectivity index (χ4v) is 2.83. The molecule has 1 radical (unpaired) electrons. The molecule has 0 unspecified atom stereocenters. The maximum atomic E-state index is 3.51. The molecule has 0 nitrogen and oxygen atoms in total. The van der Waals surface area contributed by atoms with Gasteiger partial charge in [-0.1, -0.05) is 58.2 Å². The molecular formula is C16H23. The zero-order valence-corrected chi connectivity index (χ0v) is 10.8. The minimum absolute atomic E-state index is 0.255. The van der Waals surface area contributed by atoms with Crippen molar-refractivity contribution in [2.24, 2.45) is 0 Å². The van der Waals surface area contributed by atoms with Gasteiger partial charge in [-0.15, -0.1) is 0 Å². The summed E-state index contributed by atoms with van der Waals surface area (Å²) in [7, 11) is 0. The van der Waals surface area contributed by atoms with Crippen LogP contribution in [0.3, 0.4) is 0 Å². The van der Waals surface area contributed by atoms with E-state index in [-0.39, 0.29) is 5.41 Å². The molecule has 0 saturated heterocycles. The topological polar surface area (TPSA) is 0 Å². The maximum Gasteiger partial charge on any atom is -0.0129 e. The third kappa shape index (κ3) is 2.48. The van der Waals surface area contributed by atoms with Crippen molar-refractivity contribution in [3.8, 4) is 0 Å². The molecule has 0 heterocycles. The van der Waals surface area contributed by atoms with Crippen LogP contribution in [0.1, 0.15) is 69.9 Å². The summed E-state index contributed by atoms with van der Waals surface area (Å²) in [5.74, 6) is 0.768. The number of rotatable bonds is 1. The second kappa shape index (κ2) is 4.61. The van der Waals surface area contributed by atoms with E-state index >= 15 is 0 Å². The zero-order valence-electron chi connectivity index (χ0n) is 10.8. The molecule has 0 spiro atoms. The van der Waals surface area contributed by atoms with E-state index in [0.29, 0.717) is 0 Å². The van der Waals surface area contributed by atoms with Crippen molar-refractivity contribution in [1.29, 1.82) is 0 Å². The Morgan fingerprint density at radius 1 is 1.12 bits per heavy atom. The van der Waals surface area contributed by atoms with E-state index in [9.17, 15) is 0 Å². The van der Waals surface area contributed by atoms with Crippen LogP contribution >= 0.6 is 0 Å². The zero-order chi connectivity index (χ0) is 11.6. The average molecular weight is 215 g/mol. The lowest BCUT2D eigenvalue weighted by Gasteiger charge is -2.29. The lowest BCUT2D eigenvalue weighted by atomic mass is 9.76. The van der Waals surface area contributed by atoms with Gasteiger partial charge in [0.1, 0.15) is 0 Å². The molecule has 1 aliphatic carbocycles. The number of benzene rings is 1. The molecule has 0 N–H and O–H groups in total. The van der Waals surface area contributed by atoms with Gasteiger partial charge in [-0.3, -0.25) is 0 Å². The molecule has 0 bridgehead atoms. The normalized spacial score (nSPS) is 18.7. The van der Waals surface area contributed by atoms with Crippen molar-refractivity contribution in [2.75, 3.05) is 0 Å². The lowest BCUT2D eigenvalue weighted by Crippen LogP contribution is -2.17. The predicted octanol–water partition coefficient (Wildman–Crippen LogP) is 4.83. The first-order valence-corrected chi connectivity index (χ1v) is 6.60. The molecule has 1 saturated carbocycles. The van der Waals surface area contributed by atoms with Crippen LogP contribution in [0.15, 0.2) is 18.2 Å². The first-order valence-electron chi connectivity index (χ1n) is 6.60. The van der Waals surface area contributed by atoms with Crippen molar-refractivity contribution in [3.63, 3.8) is 0 Å². The molecule has 87 valence electrons. The van der Waals surface area contributed by atoms with E-state index in [2.05, 4.69) is 45.0 Å². The molecule has 2 rings (SSSR count). The highest BCUT2D eigenvalue weighted by Crippen LogP contribution is 2.37. The average Bonchev–Trinajstić information content (AvgIpc) is 2.29. The van der Waals surface area contributed by atoms with E-state index in [0.717, 1.165) is 5.92 Å². The molecule has 0 aliphatic heterocycles. The molecule has 0 amide bonds. The van der Waals surface area contributed by atoms with Crippen molar-refractivity contribution in [3.05, 3.63) is 35.4 Å². The van der Waals surface area contributed by atoms with Gasteiger partial charge in [-0.2, -0.15) is 0 Å². The van der Waals surface area contributed by atoms with Gasteiger partial charge in [0.15, 0.2) is 0 Å². The van der Waals surface area contributed by atoms with E-state index in [1.54, 1.807) is 0 Å². The van der Waals surface area contributed by atoms with Crippen LogP contribution in [-0.2, 0) is 5.41 Å². The second-order valence-corrected chi connectivity index (χ2v) is 6.08. The Labute approximate surface area is 100 Å². The number of hydrogen-bond donors (Lipinski definition) is 0. The van der Waals surface area contributed by atoms with Gasteiger partial charge in [0, 0.05) is 0 Å². The lowest BCUT2D eigenvalue weighted by molar-refractivity contribution is 0.434. The first-order chi connectivity index (χ1) is 7.59. The molecule has 0 atom stereocenters. The van der Waals surface area contributed by atoms with Crippen molar-refractivity contribution in [1.82, 2.24) is 0 Å². The summed E-state index contributed by atoms with van der Waals surface area (Å²) >= 11 is 0. The fraction of sp³-hybridized carbons (Fsp3) is 0.625. The van der Waals surface area contributed by atoms with Crippen molar-refractivity contribution < 1.29 is 0 Å². The van der Waals surface area contributed by atoms with E-state index in [4.69, 9.17) is 0 Å². The SMILES string of the molecule is CC(C)(C)c1ccc[c]c1C1CCCCC1. The molecule has 1 fully saturated rings. The van der Waals surface area contributed by atoms with Gasteiger partial charge in [-0.25, -0.2) is 0 Å². The molecule has 0 heteroatoms. The quantitative estimate of drug-likeness (QED) is 0.629. The van der Waals surface area contributed by atoms with Gasteiger partial charge < -0.3 is 0 Å². The van der Waals surface area contributed by atoms with Crippen molar-refractivity contribution in [2.45, 2.75) is 64.2 Å². The van der Waals surface area contributed by atoms with Gasteiger partial charge in [0.25, 0.3) is 0 Å². The minimum Gasteiger partial charge on any atom is -0.0613 e. The molecule has 16 heavy (non-hydrogen) atoms. The highest BCUT2D eigenvalue weighted by atomic mass is 14.3. The van der Waals surface area contributed by atoms with Gasteiger partial charge in [0.05, 0.1) is 0 Å². The van der Waals surface area contributed by atoms with Crippen LogP contribution in [-0.4, -0.2) is 0 Å². The highest BCUT2D eigenvalue weighted by molar-refractivity contribution is 5.34. The molecular weight excluding hydrogens is 192 g/mol. The Balaban J connectivity index is 2.32. The summed E-state index contributed by atoms with van der Waals surface area (Å²) in [6.45, 7) is 6.92. The highest BCUT2D eigenvalue weighted by Gasteiger charge is 2.23. The summed E-state index contributed by atoms with van der Waals surface area (Å²) in [6, 6.07) is 10.0. The Morgan fingerprint density at radius 2 is 1.81 bits per heavy atom. The largest absolute Gasteiger partial charge is 0.0613 e. The van der Waals surface area contributed by atoms with Crippen LogP contribution in [0, 0.1) is 6.07 Å². The Morgan fingerprint density at radius 3 is 2.44 bits per heavy atom. The summed E-state index contributed by atoms with van der Waals surface area (Å²) in [6.07, 6.45) is 6.95. The Kier molecular flexibility index (Phi) is 3.37. The summed E-state index contributed by atoms with van der Waals surface area (Å²) in [4.78, 5) is 0. The van der Waals surface area contributed by atoms with Crippen molar-refractivity contribution >= 4 is 0 Å². The second-order valence-electron chi connectivity index (χ2n) is 6.08. The predicted molar refractivity (Wildman–Crippen MR) is 69.8 cm³/mol. The number of hydrogen-bond acceptors (Lipinski definition) is 0. The molecule has 1 aromatic rings. The van der Waals surface area contributed by atoms with Gasteiger partial charge in [-0.05, 0) is 41.4 Å². The third-order valence-corrected chi connectivity index (χ3v) is 3.71. The van der Waals surface area contributed by atoms with Crippen LogP contribution in [0.25, 0.3) is 0 Å². The minimum atomic E-state index is 0.255. The molecule has 1 aromatic carbocycles. The molecule has 1 aliphatic rings. The Hall–Kier alpha value is -0.780. The summed E-state index contributed by atoms with van der Waals surface area (Å²) in [5.41, 5.74) is 3.25. The van der Waals surface area contributed by atoms with Gasteiger partial charge >= 0.3 is 0 Å². The van der Waals surface area contributed by atoms with Gasteiger partial charge in [0.2, 0.25) is 0 Å². The molecule has 0 aromatic heterocycles. The fourth-order valence-electron chi connectivity index (χ4n) is 2.83. The smallest absolute Gasteiger partial charge is 0.0129 e. The maximum absolute atomic E-state index is 3.51.